The zero-order valence-corrected chi connectivity index (χ0v) is 11.3. The monoisotopic (exact) mass is 292 g/mol. The fourth-order valence-corrected chi connectivity index (χ4v) is 4.23. The summed E-state index contributed by atoms with van der Waals surface area (Å²) < 4.78 is 35.5. The maximum Gasteiger partial charge on any atom is 0.358 e. The number of thiazole rings is 1. The number of carbonyl (C=O) groups excluding carboxylic acids is 1. The molecule has 9 heteroatoms. The molecule has 0 saturated carbocycles. The van der Waals surface area contributed by atoms with Gasteiger partial charge in [-0.15, -0.1) is 11.3 Å². The van der Waals surface area contributed by atoms with E-state index in [0.717, 1.165) is 11.3 Å². The molecule has 100 valence electrons. The number of hydrogen-bond acceptors (Lipinski definition) is 7. The summed E-state index contributed by atoms with van der Waals surface area (Å²) in [4.78, 5) is 15.2. The van der Waals surface area contributed by atoms with Crippen molar-refractivity contribution in [1.29, 1.82) is 0 Å². The molecule has 0 amide bonds. The summed E-state index contributed by atoms with van der Waals surface area (Å²) in [6, 6.07) is 0. The minimum Gasteiger partial charge on any atom is -0.464 e. The van der Waals surface area contributed by atoms with E-state index in [1.807, 2.05) is 0 Å². The van der Waals surface area contributed by atoms with Crippen molar-refractivity contribution in [3.63, 3.8) is 0 Å². The number of nitrogens with zero attached hydrogens (tertiary/aromatic N) is 2. The molecule has 2 heterocycles. The van der Waals surface area contributed by atoms with Crippen LogP contribution in [0.1, 0.15) is 10.5 Å². The molecule has 1 aliphatic rings. The second-order valence-corrected chi connectivity index (χ2v) is 6.48. The number of hydrogen-bond donors (Lipinski definition) is 0. The summed E-state index contributed by atoms with van der Waals surface area (Å²) >= 11 is 0.911. The summed E-state index contributed by atoms with van der Waals surface area (Å²) in [5, 5.41) is 0. The molecule has 0 aliphatic carbocycles. The van der Waals surface area contributed by atoms with Crippen LogP contribution in [0.4, 0.5) is 0 Å². The number of sulfonamides is 1. The van der Waals surface area contributed by atoms with Gasteiger partial charge in [0.25, 0.3) is 10.0 Å². The van der Waals surface area contributed by atoms with Crippen LogP contribution in [0.25, 0.3) is 0 Å². The van der Waals surface area contributed by atoms with Gasteiger partial charge in [-0.1, -0.05) is 0 Å². The predicted molar refractivity (Wildman–Crippen MR) is 63.0 cm³/mol. The maximum atomic E-state index is 12.3. The molecule has 1 aliphatic heterocycles. The molecule has 0 aromatic carbocycles. The van der Waals surface area contributed by atoms with E-state index in [9.17, 15) is 13.2 Å². The van der Waals surface area contributed by atoms with Crippen LogP contribution in [0.3, 0.4) is 0 Å². The van der Waals surface area contributed by atoms with Gasteiger partial charge >= 0.3 is 5.97 Å². The number of aromatic nitrogens is 1. The van der Waals surface area contributed by atoms with Gasteiger partial charge in [-0.2, -0.15) is 4.31 Å². The Morgan fingerprint density at radius 1 is 1.50 bits per heavy atom. The quantitative estimate of drug-likeness (QED) is 0.726. The molecule has 1 fully saturated rings. The molecular weight excluding hydrogens is 280 g/mol. The molecule has 0 radical (unpaired) electrons. The van der Waals surface area contributed by atoms with Gasteiger partial charge in [0.2, 0.25) is 0 Å². The van der Waals surface area contributed by atoms with Crippen molar-refractivity contribution in [3.8, 4) is 0 Å². The fourth-order valence-electron chi connectivity index (χ4n) is 1.56. The summed E-state index contributed by atoms with van der Waals surface area (Å²) in [6.07, 6.45) is 0. The van der Waals surface area contributed by atoms with Crippen LogP contribution in [0, 0.1) is 0 Å². The Labute approximate surface area is 108 Å². The summed E-state index contributed by atoms with van der Waals surface area (Å²) in [5.41, 5.74) is 1.16. The number of morpholine rings is 1. The number of rotatable bonds is 3. The van der Waals surface area contributed by atoms with E-state index in [1.165, 1.54) is 16.9 Å². The van der Waals surface area contributed by atoms with Gasteiger partial charge in [0.1, 0.15) is 0 Å². The predicted octanol–water partition coefficient (Wildman–Crippen LogP) is -0.0494. The van der Waals surface area contributed by atoms with Crippen LogP contribution in [0.15, 0.2) is 9.72 Å². The van der Waals surface area contributed by atoms with E-state index in [2.05, 4.69) is 9.72 Å². The first-order chi connectivity index (χ1) is 8.57. The molecule has 1 aromatic rings. The Kier molecular flexibility index (Phi) is 3.95. The zero-order chi connectivity index (χ0) is 13.2. The van der Waals surface area contributed by atoms with Crippen LogP contribution < -0.4 is 0 Å². The van der Waals surface area contributed by atoms with E-state index in [-0.39, 0.29) is 23.0 Å². The Bertz CT molecular complexity index is 533. The molecule has 7 nitrogen and oxygen atoms in total. The molecular formula is C9H12N2O5S2. The van der Waals surface area contributed by atoms with Crippen molar-refractivity contribution in [1.82, 2.24) is 9.29 Å². The number of esters is 1. The first-order valence-corrected chi connectivity index (χ1v) is 7.49. The normalized spacial score (nSPS) is 17.6. The van der Waals surface area contributed by atoms with Crippen LogP contribution >= 0.6 is 11.3 Å². The summed E-state index contributed by atoms with van der Waals surface area (Å²) in [6.45, 7) is 1.26. The Morgan fingerprint density at radius 2 is 2.17 bits per heavy atom. The molecule has 0 atom stereocenters. The molecule has 18 heavy (non-hydrogen) atoms. The molecule has 0 bridgehead atoms. The van der Waals surface area contributed by atoms with Crippen molar-refractivity contribution in [2.75, 3.05) is 33.4 Å². The third-order valence-corrected chi connectivity index (χ3v) is 5.70. The van der Waals surface area contributed by atoms with Gasteiger partial charge in [-0.3, -0.25) is 0 Å². The first-order valence-electron chi connectivity index (χ1n) is 5.17. The van der Waals surface area contributed by atoms with Crippen LogP contribution in [-0.2, 0) is 19.5 Å². The Morgan fingerprint density at radius 3 is 2.78 bits per heavy atom. The van der Waals surface area contributed by atoms with Crippen LogP contribution in [0.2, 0.25) is 0 Å². The van der Waals surface area contributed by atoms with Gasteiger partial charge in [0, 0.05) is 13.1 Å². The van der Waals surface area contributed by atoms with Gasteiger partial charge in [0.15, 0.2) is 9.90 Å². The highest BCUT2D eigenvalue weighted by Gasteiger charge is 2.32. The lowest BCUT2D eigenvalue weighted by atomic mass is 10.5. The van der Waals surface area contributed by atoms with E-state index in [4.69, 9.17) is 4.74 Å². The third-order valence-electron chi connectivity index (χ3n) is 2.46. The van der Waals surface area contributed by atoms with Crippen LogP contribution in [-0.4, -0.2) is 57.1 Å². The van der Waals surface area contributed by atoms with Gasteiger partial charge in [-0.05, 0) is 0 Å². The molecule has 1 saturated heterocycles. The lowest BCUT2D eigenvalue weighted by Crippen LogP contribution is -2.40. The van der Waals surface area contributed by atoms with E-state index in [1.54, 1.807) is 0 Å². The van der Waals surface area contributed by atoms with Gasteiger partial charge < -0.3 is 9.47 Å². The van der Waals surface area contributed by atoms with E-state index in [0.29, 0.717) is 13.2 Å². The van der Waals surface area contributed by atoms with Crippen molar-refractivity contribution < 1.29 is 22.7 Å². The second-order valence-electron chi connectivity index (χ2n) is 3.50. The van der Waals surface area contributed by atoms with E-state index >= 15 is 0 Å². The lowest BCUT2D eigenvalue weighted by molar-refractivity contribution is 0.0589. The second kappa shape index (κ2) is 5.31. The van der Waals surface area contributed by atoms with E-state index < -0.39 is 16.0 Å². The molecule has 0 unspecified atom stereocenters. The Hall–Kier alpha value is -1.03. The standard InChI is InChI=1S/C9H12N2O5S2/c1-15-8(12)7-9(17-6-10-7)18(13,14)11-2-4-16-5-3-11/h6H,2-5H2,1H3. The molecule has 0 N–H and O–H groups in total. The van der Waals surface area contributed by atoms with Crippen molar-refractivity contribution >= 4 is 27.3 Å². The van der Waals surface area contributed by atoms with Crippen molar-refractivity contribution in [2.24, 2.45) is 0 Å². The maximum absolute atomic E-state index is 12.3. The minimum atomic E-state index is -3.70. The minimum absolute atomic E-state index is 0.0729. The summed E-state index contributed by atoms with van der Waals surface area (Å²) in [5.74, 6) is -0.747. The molecule has 1 aromatic heterocycles. The highest BCUT2D eigenvalue weighted by atomic mass is 32.2. The van der Waals surface area contributed by atoms with Crippen LogP contribution in [0.5, 0.6) is 0 Å². The molecule has 0 spiro atoms. The third kappa shape index (κ3) is 2.39. The zero-order valence-electron chi connectivity index (χ0n) is 9.66. The number of methoxy groups -OCH3 is 1. The topological polar surface area (TPSA) is 85.8 Å². The van der Waals surface area contributed by atoms with Crippen molar-refractivity contribution in [2.45, 2.75) is 4.21 Å². The summed E-state index contributed by atoms with van der Waals surface area (Å²) in [7, 11) is -2.51. The lowest BCUT2D eigenvalue weighted by Gasteiger charge is -2.25. The van der Waals surface area contributed by atoms with Crippen molar-refractivity contribution in [3.05, 3.63) is 11.2 Å². The highest BCUT2D eigenvalue weighted by molar-refractivity contribution is 7.91. The number of ether oxygens (including phenoxy) is 2. The van der Waals surface area contributed by atoms with Gasteiger partial charge in [-0.25, -0.2) is 18.2 Å². The SMILES string of the molecule is COC(=O)c1ncsc1S(=O)(=O)N1CCOCC1. The molecule has 2 rings (SSSR count). The largest absolute Gasteiger partial charge is 0.464 e. The number of carbonyl (C=O) groups is 1. The smallest absolute Gasteiger partial charge is 0.358 e. The highest BCUT2D eigenvalue weighted by Crippen LogP contribution is 2.25. The first kappa shape index (κ1) is 13.4. The average molecular weight is 292 g/mol. The average Bonchev–Trinajstić information content (AvgIpc) is 2.89. The van der Waals surface area contributed by atoms with Gasteiger partial charge in [0.05, 0.1) is 25.8 Å². The fraction of sp³-hybridized carbons (Fsp3) is 0.556. The Balaban J connectivity index is 2.35.